The molecule has 0 saturated heterocycles. The van der Waals surface area contributed by atoms with Crippen molar-refractivity contribution in [1.82, 2.24) is 15.0 Å². The number of phenolic OH excluding ortho intramolecular Hbond substituents is 1. The van der Waals surface area contributed by atoms with Crippen LogP contribution in [0.2, 0.25) is 0 Å². The Bertz CT molecular complexity index is 800. The monoisotopic (exact) mass is 291 g/mol. The summed E-state index contributed by atoms with van der Waals surface area (Å²) in [5.74, 6) is -4.07. The maximum Gasteiger partial charge on any atom is 0.196 e. The first kappa shape index (κ1) is 13.2. The SMILES string of the molecule is Oc1ccc(-c2cn(-c3ccc(F)c(F)c3F)nn2)cc1. The molecule has 21 heavy (non-hydrogen) atoms. The van der Waals surface area contributed by atoms with E-state index in [0.29, 0.717) is 11.3 Å². The van der Waals surface area contributed by atoms with Gasteiger partial charge in [-0.2, -0.15) is 0 Å². The van der Waals surface area contributed by atoms with Crippen LogP contribution in [0.4, 0.5) is 13.2 Å². The van der Waals surface area contributed by atoms with Gasteiger partial charge in [0.05, 0.1) is 6.20 Å². The van der Waals surface area contributed by atoms with E-state index in [1.165, 1.54) is 18.3 Å². The minimum absolute atomic E-state index is 0.0952. The Balaban J connectivity index is 2.03. The summed E-state index contributed by atoms with van der Waals surface area (Å²) in [6.07, 6.45) is 1.38. The predicted molar refractivity (Wildman–Crippen MR) is 68.3 cm³/mol. The fourth-order valence-electron chi connectivity index (χ4n) is 1.84. The molecular formula is C14H8F3N3O. The zero-order chi connectivity index (χ0) is 15.0. The summed E-state index contributed by atoms with van der Waals surface area (Å²) in [7, 11) is 0. The van der Waals surface area contributed by atoms with Gasteiger partial charge in [-0.25, -0.2) is 17.9 Å². The summed E-state index contributed by atoms with van der Waals surface area (Å²) in [5, 5.41) is 16.7. The second-order valence-electron chi connectivity index (χ2n) is 4.29. The van der Waals surface area contributed by atoms with Crippen molar-refractivity contribution in [2.24, 2.45) is 0 Å². The highest BCUT2D eigenvalue weighted by molar-refractivity contribution is 5.59. The molecule has 0 spiro atoms. The number of benzene rings is 2. The molecule has 0 aliphatic carbocycles. The Morgan fingerprint density at radius 2 is 1.62 bits per heavy atom. The van der Waals surface area contributed by atoms with Crippen molar-refractivity contribution < 1.29 is 18.3 Å². The lowest BCUT2D eigenvalue weighted by molar-refractivity contribution is 0.442. The van der Waals surface area contributed by atoms with Gasteiger partial charge >= 0.3 is 0 Å². The Morgan fingerprint density at radius 1 is 0.905 bits per heavy atom. The summed E-state index contributed by atoms with van der Waals surface area (Å²) in [6, 6.07) is 8.02. The number of aromatic hydroxyl groups is 1. The smallest absolute Gasteiger partial charge is 0.196 e. The molecule has 7 heteroatoms. The largest absolute Gasteiger partial charge is 0.508 e. The number of hydrogen-bond donors (Lipinski definition) is 1. The molecule has 0 fully saturated rings. The van der Waals surface area contributed by atoms with E-state index in [1.54, 1.807) is 12.1 Å². The number of aromatic nitrogens is 3. The van der Waals surface area contributed by atoms with Crippen LogP contribution < -0.4 is 0 Å². The molecule has 1 aromatic heterocycles. The first-order valence-electron chi connectivity index (χ1n) is 5.92. The second-order valence-corrected chi connectivity index (χ2v) is 4.29. The molecule has 0 aliphatic rings. The molecule has 0 atom stereocenters. The van der Waals surface area contributed by atoms with E-state index in [4.69, 9.17) is 0 Å². The average Bonchev–Trinajstić information content (AvgIpc) is 2.95. The van der Waals surface area contributed by atoms with E-state index in [1.807, 2.05) is 0 Å². The van der Waals surface area contributed by atoms with Crippen molar-refractivity contribution in [3.8, 4) is 22.7 Å². The first-order valence-corrected chi connectivity index (χ1v) is 5.92. The van der Waals surface area contributed by atoms with E-state index in [2.05, 4.69) is 10.3 Å². The van der Waals surface area contributed by atoms with Gasteiger partial charge in [0, 0.05) is 5.56 Å². The van der Waals surface area contributed by atoms with Crippen LogP contribution in [0.3, 0.4) is 0 Å². The lowest BCUT2D eigenvalue weighted by atomic mass is 10.2. The second kappa shape index (κ2) is 4.93. The topological polar surface area (TPSA) is 50.9 Å². The summed E-state index contributed by atoms with van der Waals surface area (Å²) in [4.78, 5) is 0. The summed E-state index contributed by atoms with van der Waals surface area (Å²) in [6.45, 7) is 0. The van der Waals surface area contributed by atoms with Crippen molar-refractivity contribution in [1.29, 1.82) is 0 Å². The maximum absolute atomic E-state index is 13.7. The van der Waals surface area contributed by atoms with Gasteiger partial charge < -0.3 is 5.11 Å². The van der Waals surface area contributed by atoms with Gasteiger partial charge in [-0.3, -0.25) is 0 Å². The molecule has 0 aliphatic heterocycles. The van der Waals surface area contributed by atoms with Crippen LogP contribution in [-0.4, -0.2) is 20.1 Å². The highest BCUT2D eigenvalue weighted by Crippen LogP contribution is 2.22. The van der Waals surface area contributed by atoms with E-state index in [0.717, 1.165) is 16.8 Å². The lowest BCUT2D eigenvalue weighted by Gasteiger charge is -2.03. The van der Waals surface area contributed by atoms with Crippen molar-refractivity contribution in [2.45, 2.75) is 0 Å². The lowest BCUT2D eigenvalue weighted by Crippen LogP contribution is -2.02. The molecule has 2 aromatic carbocycles. The third kappa shape index (κ3) is 2.33. The number of hydrogen-bond acceptors (Lipinski definition) is 3. The summed E-state index contributed by atoms with van der Waals surface area (Å²) in [5.41, 5.74) is 0.799. The van der Waals surface area contributed by atoms with Gasteiger partial charge in [0.15, 0.2) is 17.5 Å². The summed E-state index contributed by atoms with van der Waals surface area (Å²) < 4.78 is 40.8. The minimum Gasteiger partial charge on any atom is -0.508 e. The number of rotatable bonds is 2. The zero-order valence-corrected chi connectivity index (χ0v) is 10.5. The van der Waals surface area contributed by atoms with Gasteiger partial charge in [0.25, 0.3) is 0 Å². The average molecular weight is 291 g/mol. The Hall–Kier alpha value is -2.83. The fourth-order valence-corrected chi connectivity index (χ4v) is 1.84. The Morgan fingerprint density at radius 3 is 2.33 bits per heavy atom. The van der Waals surface area contributed by atoms with Crippen molar-refractivity contribution >= 4 is 0 Å². The predicted octanol–water partition coefficient (Wildman–Crippen LogP) is 3.06. The quantitative estimate of drug-likeness (QED) is 0.738. The Kier molecular flexibility index (Phi) is 3.09. The van der Waals surface area contributed by atoms with Crippen LogP contribution in [-0.2, 0) is 0 Å². The maximum atomic E-state index is 13.7. The number of halogens is 3. The first-order chi connectivity index (χ1) is 10.1. The van der Waals surface area contributed by atoms with Crippen LogP contribution in [0.15, 0.2) is 42.6 Å². The molecule has 0 bridgehead atoms. The van der Waals surface area contributed by atoms with Gasteiger partial charge in [-0.1, -0.05) is 5.21 Å². The fraction of sp³-hybridized carbons (Fsp3) is 0. The molecule has 3 aromatic rings. The molecular weight excluding hydrogens is 283 g/mol. The van der Waals surface area contributed by atoms with E-state index in [-0.39, 0.29) is 11.4 Å². The van der Waals surface area contributed by atoms with Gasteiger partial charge in [-0.15, -0.1) is 5.10 Å². The molecule has 4 nitrogen and oxygen atoms in total. The molecule has 106 valence electrons. The van der Waals surface area contributed by atoms with Crippen LogP contribution in [0, 0.1) is 17.5 Å². The van der Waals surface area contributed by atoms with Gasteiger partial charge in [0.2, 0.25) is 0 Å². The van der Waals surface area contributed by atoms with Crippen LogP contribution >= 0.6 is 0 Å². The van der Waals surface area contributed by atoms with Gasteiger partial charge in [0.1, 0.15) is 17.1 Å². The number of phenols is 1. The van der Waals surface area contributed by atoms with E-state index < -0.39 is 17.5 Å². The summed E-state index contributed by atoms with van der Waals surface area (Å²) >= 11 is 0. The zero-order valence-electron chi connectivity index (χ0n) is 10.5. The van der Waals surface area contributed by atoms with Crippen molar-refractivity contribution in [3.63, 3.8) is 0 Å². The Labute approximate surface area is 117 Å². The molecule has 0 amide bonds. The normalized spacial score (nSPS) is 10.8. The third-order valence-electron chi connectivity index (χ3n) is 2.92. The minimum atomic E-state index is -1.56. The third-order valence-corrected chi connectivity index (χ3v) is 2.92. The van der Waals surface area contributed by atoms with Crippen LogP contribution in [0.1, 0.15) is 0 Å². The van der Waals surface area contributed by atoms with Crippen molar-refractivity contribution in [3.05, 3.63) is 60.0 Å². The molecule has 0 saturated carbocycles. The molecule has 0 radical (unpaired) electrons. The van der Waals surface area contributed by atoms with Crippen LogP contribution in [0.25, 0.3) is 16.9 Å². The molecule has 1 heterocycles. The highest BCUT2D eigenvalue weighted by atomic mass is 19.2. The molecule has 0 unspecified atom stereocenters. The van der Waals surface area contributed by atoms with Crippen LogP contribution in [0.5, 0.6) is 5.75 Å². The van der Waals surface area contributed by atoms with E-state index in [9.17, 15) is 18.3 Å². The number of nitrogens with zero attached hydrogens (tertiary/aromatic N) is 3. The highest BCUT2D eigenvalue weighted by Gasteiger charge is 2.16. The molecule has 3 rings (SSSR count). The van der Waals surface area contributed by atoms with E-state index >= 15 is 0 Å². The standard InChI is InChI=1S/C14H8F3N3O/c15-10-5-6-12(14(17)13(10)16)20-7-11(18-19-20)8-1-3-9(21)4-2-8/h1-7,21H. The molecule has 1 N–H and O–H groups in total. The van der Waals surface area contributed by atoms with Crippen molar-refractivity contribution in [2.75, 3.05) is 0 Å². The van der Waals surface area contributed by atoms with Gasteiger partial charge in [-0.05, 0) is 36.4 Å².